The maximum absolute atomic E-state index is 13.8. The average Bonchev–Trinajstić information content (AvgIpc) is 2.79. The first kappa shape index (κ1) is 14.0. The number of hydrogen-bond acceptors (Lipinski definition) is 3. The number of nitrogens with one attached hydrogen (secondary N) is 1. The van der Waals surface area contributed by atoms with E-state index in [1.165, 1.54) is 6.07 Å². The largest absolute Gasteiger partial charge is 0.396 e. The maximum Gasteiger partial charge on any atom is 0.127 e. The highest BCUT2D eigenvalue weighted by Crippen LogP contribution is 2.43. The molecule has 0 radical (unpaired) electrons. The van der Waals surface area contributed by atoms with Gasteiger partial charge in [0.15, 0.2) is 0 Å². The van der Waals surface area contributed by atoms with Crippen molar-refractivity contribution in [2.45, 2.75) is 19.4 Å². The van der Waals surface area contributed by atoms with E-state index in [9.17, 15) is 9.50 Å². The molecule has 2 saturated heterocycles. The molecule has 2 heterocycles. The summed E-state index contributed by atoms with van der Waals surface area (Å²) in [4.78, 5) is 2.31. The van der Waals surface area contributed by atoms with Gasteiger partial charge in [-0.05, 0) is 37.4 Å². The molecule has 20 heavy (non-hydrogen) atoms. The lowest BCUT2D eigenvalue weighted by atomic mass is 9.71. The lowest BCUT2D eigenvalue weighted by Crippen LogP contribution is -2.42. The summed E-state index contributed by atoms with van der Waals surface area (Å²) in [5, 5.41) is 13.1. The smallest absolute Gasteiger partial charge is 0.127 e. The Morgan fingerprint density at radius 1 is 1.30 bits per heavy atom. The molecule has 1 spiro atoms. The lowest BCUT2D eigenvalue weighted by molar-refractivity contribution is 0.0984. The minimum Gasteiger partial charge on any atom is -0.396 e. The highest BCUT2D eigenvalue weighted by molar-refractivity contribution is 5.17. The van der Waals surface area contributed by atoms with E-state index in [0.29, 0.717) is 12.5 Å². The van der Waals surface area contributed by atoms with Crippen LogP contribution in [-0.2, 0) is 6.54 Å². The summed E-state index contributed by atoms with van der Waals surface area (Å²) in [5.74, 6) is 0.204. The number of benzene rings is 1. The highest BCUT2D eigenvalue weighted by Gasteiger charge is 2.46. The van der Waals surface area contributed by atoms with Gasteiger partial charge in [0.2, 0.25) is 0 Å². The molecule has 110 valence electrons. The molecule has 4 heteroatoms. The third-order valence-corrected chi connectivity index (χ3v) is 5.05. The van der Waals surface area contributed by atoms with Crippen molar-refractivity contribution in [1.82, 2.24) is 10.2 Å². The van der Waals surface area contributed by atoms with Gasteiger partial charge >= 0.3 is 0 Å². The van der Waals surface area contributed by atoms with Crippen molar-refractivity contribution in [3.63, 3.8) is 0 Å². The van der Waals surface area contributed by atoms with Crippen LogP contribution in [-0.4, -0.2) is 42.8 Å². The first-order valence-electron chi connectivity index (χ1n) is 7.51. The molecule has 1 aromatic carbocycles. The van der Waals surface area contributed by atoms with E-state index in [2.05, 4.69) is 10.2 Å². The molecule has 1 aromatic rings. The second-order valence-electron chi connectivity index (χ2n) is 6.25. The Labute approximate surface area is 119 Å². The summed E-state index contributed by atoms with van der Waals surface area (Å²) in [7, 11) is 0. The van der Waals surface area contributed by atoms with E-state index >= 15 is 0 Å². The summed E-state index contributed by atoms with van der Waals surface area (Å²) in [6.07, 6.45) is 2.23. The van der Waals surface area contributed by atoms with Crippen molar-refractivity contribution < 1.29 is 9.50 Å². The van der Waals surface area contributed by atoms with Gasteiger partial charge < -0.3 is 10.4 Å². The molecule has 0 bridgehead atoms. The van der Waals surface area contributed by atoms with Crippen molar-refractivity contribution in [1.29, 1.82) is 0 Å². The number of aliphatic hydroxyl groups excluding tert-OH is 1. The molecule has 2 fully saturated rings. The first-order chi connectivity index (χ1) is 9.73. The molecular formula is C16H23FN2O. The molecule has 2 aliphatic heterocycles. The van der Waals surface area contributed by atoms with Gasteiger partial charge in [-0.15, -0.1) is 0 Å². The monoisotopic (exact) mass is 278 g/mol. The van der Waals surface area contributed by atoms with E-state index in [0.717, 1.165) is 44.6 Å². The normalized spacial score (nSPS) is 26.2. The fourth-order valence-electron chi connectivity index (χ4n) is 3.87. The minimum atomic E-state index is -0.126. The topological polar surface area (TPSA) is 35.5 Å². The zero-order valence-electron chi connectivity index (χ0n) is 11.8. The highest BCUT2D eigenvalue weighted by atomic mass is 19.1. The van der Waals surface area contributed by atoms with Crippen LogP contribution in [0.5, 0.6) is 0 Å². The Bertz CT molecular complexity index is 460. The van der Waals surface area contributed by atoms with E-state index in [1.54, 1.807) is 6.07 Å². The zero-order chi connectivity index (χ0) is 14.0. The number of halogens is 1. The van der Waals surface area contributed by atoms with Crippen LogP contribution in [0.3, 0.4) is 0 Å². The molecule has 3 nitrogen and oxygen atoms in total. The van der Waals surface area contributed by atoms with Crippen LogP contribution in [0.4, 0.5) is 4.39 Å². The van der Waals surface area contributed by atoms with E-state index in [4.69, 9.17) is 0 Å². The summed E-state index contributed by atoms with van der Waals surface area (Å²) >= 11 is 0. The second-order valence-corrected chi connectivity index (χ2v) is 6.25. The van der Waals surface area contributed by atoms with Gasteiger partial charge in [0.1, 0.15) is 5.82 Å². The van der Waals surface area contributed by atoms with Gasteiger partial charge in [-0.1, -0.05) is 18.2 Å². The molecule has 0 aromatic heterocycles. The Hall–Kier alpha value is -0.970. The van der Waals surface area contributed by atoms with Gasteiger partial charge in [0, 0.05) is 37.7 Å². The van der Waals surface area contributed by atoms with E-state index in [-0.39, 0.29) is 17.8 Å². The van der Waals surface area contributed by atoms with Gasteiger partial charge in [-0.3, -0.25) is 4.90 Å². The Kier molecular flexibility index (Phi) is 4.06. The van der Waals surface area contributed by atoms with Crippen molar-refractivity contribution in [2.24, 2.45) is 11.3 Å². The van der Waals surface area contributed by atoms with Crippen molar-refractivity contribution in [2.75, 3.05) is 32.8 Å². The van der Waals surface area contributed by atoms with Crippen LogP contribution in [0, 0.1) is 17.2 Å². The Balaban J connectivity index is 1.72. The minimum absolute atomic E-state index is 0.126. The second kappa shape index (κ2) is 5.80. The molecule has 0 aliphatic carbocycles. The fourth-order valence-corrected chi connectivity index (χ4v) is 3.87. The van der Waals surface area contributed by atoms with Gasteiger partial charge in [-0.2, -0.15) is 0 Å². The summed E-state index contributed by atoms with van der Waals surface area (Å²) in [6, 6.07) is 7.00. The van der Waals surface area contributed by atoms with Crippen molar-refractivity contribution in [3.05, 3.63) is 35.6 Å². The molecular weight excluding hydrogens is 255 g/mol. The molecule has 1 unspecified atom stereocenters. The van der Waals surface area contributed by atoms with Gasteiger partial charge in [0.25, 0.3) is 0 Å². The van der Waals surface area contributed by atoms with Crippen molar-refractivity contribution >= 4 is 0 Å². The predicted octanol–water partition coefficient (Wildman–Crippen LogP) is 1.62. The van der Waals surface area contributed by atoms with Gasteiger partial charge in [0.05, 0.1) is 0 Å². The van der Waals surface area contributed by atoms with Crippen LogP contribution in [0.25, 0.3) is 0 Å². The molecule has 0 saturated carbocycles. The Morgan fingerprint density at radius 2 is 2.05 bits per heavy atom. The maximum atomic E-state index is 13.8. The molecule has 2 aliphatic rings. The number of likely N-dealkylation sites (tertiary alicyclic amines) is 1. The van der Waals surface area contributed by atoms with Crippen LogP contribution in [0.2, 0.25) is 0 Å². The Morgan fingerprint density at radius 3 is 2.75 bits per heavy atom. The lowest BCUT2D eigenvalue weighted by Gasteiger charge is -2.38. The zero-order valence-corrected chi connectivity index (χ0v) is 11.8. The molecule has 2 N–H and O–H groups in total. The summed E-state index contributed by atoms with van der Waals surface area (Å²) < 4.78 is 13.8. The first-order valence-corrected chi connectivity index (χ1v) is 7.51. The quantitative estimate of drug-likeness (QED) is 0.882. The standard InChI is InChI=1S/C16H23FN2O/c17-15-4-2-1-3-13(15)9-19-10-14(11-20)16(12-19)5-7-18-8-6-16/h1-4,14,18,20H,5-12H2. The summed E-state index contributed by atoms with van der Waals surface area (Å²) in [6.45, 7) is 4.82. The number of rotatable bonds is 3. The molecule has 0 amide bonds. The van der Waals surface area contributed by atoms with Crippen LogP contribution in [0.15, 0.2) is 24.3 Å². The number of hydrogen-bond donors (Lipinski definition) is 2. The fraction of sp³-hybridized carbons (Fsp3) is 0.625. The third-order valence-electron chi connectivity index (χ3n) is 5.05. The van der Waals surface area contributed by atoms with Crippen LogP contribution >= 0.6 is 0 Å². The summed E-state index contributed by atoms with van der Waals surface area (Å²) in [5.41, 5.74) is 0.987. The molecule has 1 atom stereocenters. The SMILES string of the molecule is OCC1CN(Cc2ccccc2F)CC12CCNCC2. The van der Waals surface area contributed by atoms with Gasteiger partial charge in [-0.25, -0.2) is 4.39 Å². The van der Waals surface area contributed by atoms with E-state index < -0.39 is 0 Å². The number of nitrogens with zero attached hydrogens (tertiary/aromatic N) is 1. The van der Waals surface area contributed by atoms with Crippen molar-refractivity contribution in [3.8, 4) is 0 Å². The van der Waals surface area contributed by atoms with Crippen LogP contribution < -0.4 is 5.32 Å². The van der Waals surface area contributed by atoms with Crippen LogP contribution in [0.1, 0.15) is 18.4 Å². The number of piperidine rings is 1. The average molecular weight is 278 g/mol. The molecule has 3 rings (SSSR count). The number of aliphatic hydroxyl groups is 1. The third kappa shape index (κ3) is 2.60. The van der Waals surface area contributed by atoms with E-state index in [1.807, 2.05) is 12.1 Å². The predicted molar refractivity (Wildman–Crippen MR) is 76.8 cm³/mol.